The smallest absolute Gasteiger partial charge is 0.342 e. The number of nitrogens with one attached hydrogen (secondary N) is 2. The molecule has 0 spiro atoms. The van der Waals surface area contributed by atoms with Gasteiger partial charge in [-0.1, -0.05) is 72.2 Å². The summed E-state index contributed by atoms with van der Waals surface area (Å²) >= 11 is 0. The van der Waals surface area contributed by atoms with Crippen LogP contribution in [0.5, 0.6) is 0 Å². The third-order valence-corrected chi connectivity index (χ3v) is 9.79. The first-order valence-electron chi connectivity index (χ1n) is 13.4. The zero-order chi connectivity index (χ0) is 31.9. The number of ether oxygens (including phenoxy) is 1. The van der Waals surface area contributed by atoms with E-state index in [1.807, 2.05) is 5.32 Å². The van der Waals surface area contributed by atoms with Crippen molar-refractivity contribution < 1.29 is 37.8 Å². The number of rotatable bonds is 13. The summed E-state index contributed by atoms with van der Waals surface area (Å²) in [6, 6.07) is 12.2. The highest BCUT2D eigenvalue weighted by molar-refractivity contribution is 8.77. The maximum Gasteiger partial charge on any atom is 0.342 e. The first-order valence-corrected chi connectivity index (χ1v) is 15.6. The predicted octanol–water partition coefficient (Wildman–Crippen LogP) is 5.81. The van der Waals surface area contributed by atoms with Crippen LogP contribution < -0.4 is 10.6 Å². The first-order chi connectivity index (χ1) is 19.5. The lowest BCUT2D eigenvalue weighted by molar-refractivity contribution is -0.165. The highest BCUT2D eigenvalue weighted by Gasteiger charge is 2.65. The summed E-state index contributed by atoms with van der Waals surface area (Å²) in [5.74, 6) is -7.24. The molecule has 0 aliphatic rings. The second-order valence-electron chi connectivity index (χ2n) is 11.1. The average molecular weight is 625 g/mol. The Labute approximate surface area is 253 Å². The lowest BCUT2D eigenvalue weighted by Crippen LogP contribution is -2.76. The molecule has 8 nitrogen and oxygen atoms in total. The van der Waals surface area contributed by atoms with E-state index in [0.29, 0.717) is 6.42 Å². The predicted molar refractivity (Wildman–Crippen MR) is 160 cm³/mol. The number of hydrogen-bond acceptors (Lipinski definition) is 7. The summed E-state index contributed by atoms with van der Waals surface area (Å²) in [6.45, 7) is 10.5. The Hall–Kier alpha value is -3.12. The molecule has 2 amide bonds. The van der Waals surface area contributed by atoms with Crippen molar-refractivity contribution in [3.8, 4) is 0 Å². The van der Waals surface area contributed by atoms with Gasteiger partial charge in [0.2, 0.25) is 0 Å². The molecule has 0 heterocycles. The van der Waals surface area contributed by atoms with Crippen molar-refractivity contribution in [2.75, 3.05) is 0 Å². The van der Waals surface area contributed by atoms with Crippen LogP contribution in [0.3, 0.4) is 0 Å². The third-order valence-electron chi connectivity index (χ3n) is 6.77. The number of aliphatic carboxylic acids is 1. The van der Waals surface area contributed by atoms with E-state index in [1.54, 1.807) is 65.0 Å². The number of esters is 1. The van der Waals surface area contributed by atoms with Crippen molar-refractivity contribution in [3.05, 3.63) is 66.0 Å². The molecular formula is C30H38F2N2O6S2. The van der Waals surface area contributed by atoms with Crippen LogP contribution in [0, 0.1) is 11.7 Å². The minimum atomic E-state index is -3.29. The van der Waals surface area contributed by atoms with Crippen LogP contribution in [0.15, 0.2) is 59.5 Å². The van der Waals surface area contributed by atoms with Crippen LogP contribution in [-0.4, -0.2) is 57.0 Å². The Bertz CT molecular complexity index is 1270. The lowest BCUT2D eigenvalue weighted by atomic mass is 9.78. The quantitative estimate of drug-likeness (QED) is 0.145. The SMILES string of the molecule is CCC(C)C(NC(=O)C(NC(=O)c1ccccc1F)(C(=O)O)C(C)(F)C(C)SSc1ccccc1)C(=O)OC(C)(C)C. The van der Waals surface area contributed by atoms with Crippen molar-refractivity contribution in [1.29, 1.82) is 0 Å². The highest BCUT2D eigenvalue weighted by Crippen LogP contribution is 2.44. The molecule has 2 rings (SSSR count). The van der Waals surface area contributed by atoms with Crippen LogP contribution in [-0.2, 0) is 19.1 Å². The number of halogens is 2. The van der Waals surface area contributed by atoms with Crippen molar-refractivity contribution in [2.45, 2.75) is 87.9 Å². The minimum Gasteiger partial charge on any atom is -0.479 e. The van der Waals surface area contributed by atoms with Gasteiger partial charge in [-0.3, -0.25) is 9.59 Å². The van der Waals surface area contributed by atoms with Crippen LogP contribution in [0.4, 0.5) is 8.78 Å². The molecular weight excluding hydrogens is 586 g/mol. The zero-order valence-electron chi connectivity index (χ0n) is 24.7. The van der Waals surface area contributed by atoms with Gasteiger partial charge in [-0.15, -0.1) is 0 Å². The number of carboxylic acid groups (broad SMARTS) is 1. The molecule has 0 aliphatic carbocycles. The molecule has 5 atom stereocenters. The minimum absolute atomic E-state index is 0.374. The van der Waals surface area contributed by atoms with Gasteiger partial charge in [-0.2, -0.15) is 0 Å². The maximum atomic E-state index is 17.1. The molecule has 2 aromatic rings. The van der Waals surface area contributed by atoms with Crippen molar-refractivity contribution in [2.24, 2.45) is 5.92 Å². The molecule has 0 aromatic heterocycles. The molecule has 5 unspecified atom stereocenters. The Morgan fingerprint density at radius 1 is 0.976 bits per heavy atom. The fourth-order valence-electron chi connectivity index (χ4n) is 3.93. The van der Waals surface area contributed by atoms with E-state index >= 15 is 4.39 Å². The Balaban J connectivity index is 2.62. The van der Waals surface area contributed by atoms with Gasteiger partial charge in [0.1, 0.15) is 17.5 Å². The number of alkyl halides is 1. The monoisotopic (exact) mass is 624 g/mol. The van der Waals surface area contributed by atoms with Gasteiger partial charge in [-0.05, 0) is 64.8 Å². The van der Waals surface area contributed by atoms with Gasteiger partial charge in [0.25, 0.3) is 17.4 Å². The second-order valence-corrected chi connectivity index (χ2v) is 13.7. The van der Waals surface area contributed by atoms with Crippen molar-refractivity contribution in [1.82, 2.24) is 10.6 Å². The number of amides is 2. The summed E-state index contributed by atoms with van der Waals surface area (Å²) in [6.07, 6.45) is 0.374. The molecule has 0 fully saturated rings. The van der Waals surface area contributed by atoms with Gasteiger partial charge < -0.3 is 20.5 Å². The fraction of sp³-hybridized carbons (Fsp3) is 0.467. The summed E-state index contributed by atoms with van der Waals surface area (Å²) in [4.78, 5) is 54.2. The number of hydrogen-bond donors (Lipinski definition) is 3. The van der Waals surface area contributed by atoms with Gasteiger partial charge in [-0.25, -0.2) is 18.4 Å². The van der Waals surface area contributed by atoms with Crippen LogP contribution >= 0.6 is 21.6 Å². The van der Waals surface area contributed by atoms with E-state index in [-0.39, 0.29) is 0 Å². The molecule has 2 aromatic carbocycles. The number of carboxylic acids is 1. The Kier molecular flexibility index (Phi) is 12.0. The molecule has 0 saturated carbocycles. The topological polar surface area (TPSA) is 122 Å². The van der Waals surface area contributed by atoms with Gasteiger partial charge in [0.05, 0.1) is 10.8 Å². The first kappa shape index (κ1) is 35.1. The van der Waals surface area contributed by atoms with Gasteiger partial charge in [0.15, 0.2) is 5.67 Å². The summed E-state index contributed by atoms with van der Waals surface area (Å²) in [7, 11) is 2.10. The van der Waals surface area contributed by atoms with Gasteiger partial charge >= 0.3 is 11.9 Å². The normalized spacial score (nSPS) is 16.6. The lowest BCUT2D eigenvalue weighted by Gasteiger charge is -2.42. The maximum absolute atomic E-state index is 17.1. The molecule has 0 saturated heterocycles. The summed E-state index contributed by atoms with van der Waals surface area (Å²) in [5, 5.41) is 13.7. The number of carbonyl (C=O) groups excluding carboxylic acids is 3. The number of carbonyl (C=O) groups is 4. The Morgan fingerprint density at radius 2 is 1.55 bits per heavy atom. The van der Waals surface area contributed by atoms with Crippen molar-refractivity contribution in [3.63, 3.8) is 0 Å². The fourth-order valence-corrected chi connectivity index (χ4v) is 6.45. The van der Waals surface area contributed by atoms with E-state index < -0.39 is 69.2 Å². The number of benzene rings is 2. The van der Waals surface area contributed by atoms with Crippen LogP contribution in [0.25, 0.3) is 0 Å². The molecule has 3 N–H and O–H groups in total. The third kappa shape index (κ3) is 8.25. The summed E-state index contributed by atoms with van der Waals surface area (Å²) in [5.41, 5.74) is -7.80. The second kappa shape index (κ2) is 14.4. The summed E-state index contributed by atoms with van der Waals surface area (Å²) < 4.78 is 37.1. The van der Waals surface area contributed by atoms with Crippen molar-refractivity contribution >= 4 is 45.3 Å². The largest absolute Gasteiger partial charge is 0.479 e. The standard InChI is InChI=1S/C30H38F2N2O6S2/c1-8-18(2)23(25(36)40-28(4,5)6)33-26(37)30(27(38)39,34-24(35)21-16-12-13-17-22(21)31)29(7,32)19(3)41-42-20-14-10-9-11-15-20/h9-19,23H,8H2,1-7H3,(H,33,37)(H,34,35)(H,38,39). The van der Waals surface area contributed by atoms with E-state index in [1.165, 1.54) is 19.1 Å². The molecule has 0 aliphatic heterocycles. The van der Waals surface area contributed by atoms with E-state index in [4.69, 9.17) is 4.74 Å². The van der Waals surface area contributed by atoms with Crippen LogP contribution in [0.2, 0.25) is 0 Å². The Morgan fingerprint density at radius 3 is 2.07 bits per heavy atom. The average Bonchev–Trinajstić information content (AvgIpc) is 2.91. The van der Waals surface area contributed by atoms with E-state index in [9.17, 15) is 28.7 Å². The van der Waals surface area contributed by atoms with Crippen LogP contribution in [0.1, 0.15) is 65.2 Å². The molecule has 0 radical (unpaired) electrons. The molecule has 0 bridgehead atoms. The van der Waals surface area contributed by atoms with E-state index in [0.717, 1.165) is 45.5 Å². The molecule has 230 valence electrons. The van der Waals surface area contributed by atoms with Gasteiger partial charge in [0, 0.05) is 4.90 Å². The molecule has 12 heteroatoms. The highest BCUT2D eigenvalue weighted by atomic mass is 33.1. The van der Waals surface area contributed by atoms with E-state index in [2.05, 4.69) is 5.32 Å². The molecule has 42 heavy (non-hydrogen) atoms. The zero-order valence-corrected chi connectivity index (χ0v) is 26.3.